The van der Waals surface area contributed by atoms with Crippen LogP contribution < -0.4 is 0 Å². The van der Waals surface area contributed by atoms with Gasteiger partial charge < -0.3 is 5.11 Å². The highest BCUT2D eigenvalue weighted by Gasteiger charge is 2.12. The van der Waals surface area contributed by atoms with Crippen LogP contribution in [0.1, 0.15) is 22.8 Å². The highest BCUT2D eigenvalue weighted by Crippen LogP contribution is 2.24. The minimum Gasteiger partial charge on any atom is -0.388 e. The molecule has 0 saturated carbocycles. The molecular weight excluding hydrogens is 253 g/mol. The maximum absolute atomic E-state index is 13.1. The summed E-state index contributed by atoms with van der Waals surface area (Å²) >= 11 is 5.97. The van der Waals surface area contributed by atoms with Gasteiger partial charge in [-0.05, 0) is 41.8 Å². The van der Waals surface area contributed by atoms with Gasteiger partial charge in [0, 0.05) is 23.8 Å². The van der Waals surface area contributed by atoms with E-state index in [1.807, 2.05) is 13.0 Å². The van der Waals surface area contributed by atoms with Gasteiger partial charge in [-0.25, -0.2) is 4.39 Å². The van der Waals surface area contributed by atoms with E-state index in [1.165, 1.54) is 18.2 Å². The SMILES string of the molecule is Cc1cncc(C(O)Cc2cc(F)ccc2Cl)c1. The predicted molar refractivity (Wildman–Crippen MR) is 69.0 cm³/mol. The van der Waals surface area contributed by atoms with Gasteiger partial charge in [0.2, 0.25) is 0 Å². The molecule has 0 radical (unpaired) electrons. The zero-order chi connectivity index (χ0) is 13.1. The second-order valence-corrected chi connectivity index (χ2v) is 4.66. The molecule has 1 aromatic carbocycles. The molecule has 1 heterocycles. The number of pyridine rings is 1. The standard InChI is InChI=1S/C14H13ClFNO/c1-9-4-11(8-17-7-9)14(18)6-10-5-12(16)2-3-13(10)15/h2-5,7-8,14,18H,6H2,1H3. The minimum atomic E-state index is -0.739. The molecule has 4 heteroatoms. The van der Waals surface area contributed by atoms with Gasteiger partial charge in [-0.15, -0.1) is 0 Å². The van der Waals surface area contributed by atoms with Gasteiger partial charge in [0.15, 0.2) is 0 Å². The molecule has 2 rings (SSSR count). The zero-order valence-electron chi connectivity index (χ0n) is 9.90. The van der Waals surface area contributed by atoms with Crippen molar-refractivity contribution in [2.45, 2.75) is 19.4 Å². The third-order valence-corrected chi connectivity index (χ3v) is 3.07. The lowest BCUT2D eigenvalue weighted by Crippen LogP contribution is -2.03. The quantitative estimate of drug-likeness (QED) is 0.922. The molecule has 1 atom stereocenters. The molecule has 0 aliphatic heterocycles. The van der Waals surface area contributed by atoms with E-state index in [4.69, 9.17) is 11.6 Å². The summed E-state index contributed by atoms with van der Waals surface area (Å²) in [4.78, 5) is 4.02. The van der Waals surface area contributed by atoms with Crippen LogP contribution in [0.3, 0.4) is 0 Å². The average Bonchev–Trinajstić information content (AvgIpc) is 2.34. The van der Waals surface area contributed by atoms with E-state index in [2.05, 4.69) is 4.98 Å². The monoisotopic (exact) mass is 265 g/mol. The van der Waals surface area contributed by atoms with Gasteiger partial charge in [-0.3, -0.25) is 4.98 Å². The molecule has 0 fully saturated rings. The summed E-state index contributed by atoms with van der Waals surface area (Å²) in [6, 6.07) is 5.99. The average molecular weight is 266 g/mol. The van der Waals surface area contributed by atoms with Crippen LogP contribution in [0.25, 0.3) is 0 Å². The van der Waals surface area contributed by atoms with Crippen molar-refractivity contribution < 1.29 is 9.50 Å². The lowest BCUT2D eigenvalue weighted by Gasteiger charge is -2.12. The summed E-state index contributed by atoms with van der Waals surface area (Å²) in [5.41, 5.74) is 2.26. The summed E-state index contributed by atoms with van der Waals surface area (Å²) in [5, 5.41) is 10.5. The third kappa shape index (κ3) is 3.06. The number of aliphatic hydroxyl groups excluding tert-OH is 1. The van der Waals surface area contributed by atoms with Crippen LogP contribution in [0.15, 0.2) is 36.7 Å². The van der Waals surface area contributed by atoms with E-state index in [0.29, 0.717) is 16.1 Å². The Bertz CT molecular complexity index is 559. The maximum atomic E-state index is 13.1. The first-order chi connectivity index (χ1) is 8.56. The van der Waals surface area contributed by atoms with Crippen molar-refractivity contribution in [1.82, 2.24) is 4.98 Å². The normalized spacial score (nSPS) is 12.4. The van der Waals surface area contributed by atoms with Gasteiger partial charge in [0.05, 0.1) is 6.10 Å². The van der Waals surface area contributed by atoms with E-state index in [9.17, 15) is 9.50 Å². The van der Waals surface area contributed by atoms with E-state index in [1.54, 1.807) is 12.4 Å². The van der Waals surface area contributed by atoms with Crippen molar-refractivity contribution in [1.29, 1.82) is 0 Å². The van der Waals surface area contributed by atoms with E-state index < -0.39 is 6.10 Å². The van der Waals surface area contributed by atoms with E-state index in [0.717, 1.165) is 5.56 Å². The molecule has 18 heavy (non-hydrogen) atoms. The molecule has 0 aliphatic rings. The van der Waals surface area contributed by atoms with Gasteiger partial charge >= 0.3 is 0 Å². The highest BCUT2D eigenvalue weighted by molar-refractivity contribution is 6.31. The molecule has 0 aliphatic carbocycles. The van der Waals surface area contributed by atoms with Crippen LogP contribution in [0.5, 0.6) is 0 Å². The van der Waals surface area contributed by atoms with Crippen molar-refractivity contribution >= 4 is 11.6 Å². The van der Waals surface area contributed by atoms with E-state index >= 15 is 0 Å². The molecule has 2 aromatic rings. The Kier molecular flexibility index (Phi) is 3.94. The fourth-order valence-corrected chi connectivity index (χ4v) is 1.98. The molecule has 0 bridgehead atoms. The third-order valence-electron chi connectivity index (χ3n) is 2.70. The predicted octanol–water partition coefficient (Wildman–Crippen LogP) is 3.46. The van der Waals surface area contributed by atoms with Crippen molar-refractivity contribution in [2.75, 3.05) is 0 Å². The lowest BCUT2D eigenvalue weighted by molar-refractivity contribution is 0.178. The molecule has 1 unspecified atom stereocenters. The van der Waals surface area contributed by atoms with Crippen LogP contribution in [0.2, 0.25) is 5.02 Å². The Hall–Kier alpha value is -1.45. The molecule has 0 saturated heterocycles. The van der Waals surface area contributed by atoms with Crippen LogP contribution in [-0.4, -0.2) is 10.1 Å². The zero-order valence-corrected chi connectivity index (χ0v) is 10.7. The topological polar surface area (TPSA) is 33.1 Å². The fraction of sp³-hybridized carbons (Fsp3) is 0.214. The number of benzene rings is 1. The second-order valence-electron chi connectivity index (χ2n) is 4.25. The number of aliphatic hydroxyl groups is 1. The summed E-state index contributed by atoms with van der Waals surface area (Å²) in [6.07, 6.45) is 2.84. The molecule has 1 N–H and O–H groups in total. The highest BCUT2D eigenvalue weighted by atomic mass is 35.5. The minimum absolute atomic E-state index is 0.266. The molecule has 1 aromatic heterocycles. The Balaban J connectivity index is 2.21. The largest absolute Gasteiger partial charge is 0.388 e. The summed E-state index contributed by atoms with van der Waals surface area (Å²) in [6.45, 7) is 1.90. The summed E-state index contributed by atoms with van der Waals surface area (Å²) in [5.74, 6) is -0.357. The first kappa shape index (κ1) is 13.0. The van der Waals surface area contributed by atoms with Crippen LogP contribution in [-0.2, 0) is 6.42 Å². The molecular formula is C14H13ClFNO. The van der Waals surface area contributed by atoms with Crippen molar-refractivity contribution in [2.24, 2.45) is 0 Å². The Labute approximate surface area is 110 Å². The van der Waals surface area contributed by atoms with Gasteiger partial charge in [-0.1, -0.05) is 17.7 Å². The fourth-order valence-electron chi connectivity index (χ4n) is 1.79. The lowest BCUT2D eigenvalue weighted by atomic mass is 10.0. The first-order valence-electron chi connectivity index (χ1n) is 5.60. The Morgan fingerprint density at radius 2 is 2.11 bits per heavy atom. The summed E-state index contributed by atoms with van der Waals surface area (Å²) in [7, 11) is 0. The molecule has 94 valence electrons. The summed E-state index contributed by atoms with van der Waals surface area (Å²) < 4.78 is 13.1. The molecule has 2 nitrogen and oxygen atoms in total. The number of rotatable bonds is 3. The van der Waals surface area contributed by atoms with Crippen LogP contribution in [0.4, 0.5) is 4.39 Å². The van der Waals surface area contributed by atoms with Crippen LogP contribution in [0, 0.1) is 12.7 Å². The number of hydrogen-bond acceptors (Lipinski definition) is 2. The maximum Gasteiger partial charge on any atom is 0.123 e. The number of halogens is 2. The van der Waals surface area contributed by atoms with E-state index in [-0.39, 0.29) is 12.2 Å². The van der Waals surface area contributed by atoms with Crippen molar-refractivity contribution in [3.63, 3.8) is 0 Å². The number of aromatic nitrogens is 1. The van der Waals surface area contributed by atoms with Crippen molar-refractivity contribution in [3.05, 3.63) is 64.2 Å². The van der Waals surface area contributed by atoms with Crippen molar-refractivity contribution in [3.8, 4) is 0 Å². The number of hydrogen-bond donors (Lipinski definition) is 1. The first-order valence-corrected chi connectivity index (χ1v) is 5.97. The van der Waals surface area contributed by atoms with Gasteiger partial charge in [-0.2, -0.15) is 0 Å². The number of aryl methyl sites for hydroxylation is 1. The smallest absolute Gasteiger partial charge is 0.123 e. The number of nitrogens with zero attached hydrogens (tertiary/aromatic N) is 1. The van der Waals surface area contributed by atoms with Gasteiger partial charge in [0.25, 0.3) is 0 Å². The molecule has 0 spiro atoms. The van der Waals surface area contributed by atoms with Crippen LogP contribution >= 0.6 is 11.6 Å². The Morgan fingerprint density at radius 3 is 2.83 bits per heavy atom. The Morgan fingerprint density at radius 1 is 1.33 bits per heavy atom. The second kappa shape index (κ2) is 5.46. The molecule has 0 amide bonds. The van der Waals surface area contributed by atoms with Gasteiger partial charge in [0.1, 0.15) is 5.82 Å².